The Hall–Kier alpha value is -2.20. The second-order valence-electron chi connectivity index (χ2n) is 5.54. The molecule has 1 aromatic heterocycles. The van der Waals surface area contributed by atoms with Gasteiger partial charge >= 0.3 is 0 Å². The minimum atomic E-state index is 0.100. The Kier molecular flexibility index (Phi) is 4.81. The summed E-state index contributed by atoms with van der Waals surface area (Å²) in [6.45, 7) is 1.96. The first-order chi connectivity index (χ1) is 10.8. The van der Waals surface area contributed by atoms with Gasteiger partial charge in [-0.1, -0.05) is 30.3 Å². The fraction of sp³-hybridized carbons (Fsp3) is 0.333. The zero-order valence-electron chi connectivity index (χ0n) is 12.5. The summed E-state index contributed by atoms with van der Waals surface area (Å²) in [4.78, 5) is 16.2. The summed E-state index contributed by atoms with van der Waals surface area (Å²) in [6.07, 6.45) is 5.27. The molecule has 1 N–H and O–H groups in total. The molecule has 114 valence electrons. The monoisotopic (exact) mass is 296 g/mol. The predicted octanol–water partition coefficient (Wildman–Crippen LogP) is 2.79. The van der Waals surface area contributed by atoms with Gasteiger partial charge in [-0.25, -0.2) is 0 Å². The number of carbonyl (C=O) groups is 1. The van der Waals surface area contributed by atoms with Crippen molar-refractivity contribution in [1.29, 1.82) is 0 Å². The molecular weight excluding hydrogens is 276 g/mol. The summed E-state index contributed by atoms with van der Waals surface area (Å²) >= 11 is 0. The fourth-order valence-electron chi connectivity index (χ4n) is 2.64. The largest absolute Gasteiger partial charge is 0.381 e. The Morgan fingerprint density at radius 3 is 2.59 bits per heavy atom. The zero-order chi connectivity index (χ0) is 15.2. The number of pyridine rings is 1. The number of carbonyl (C=O) groups excluding carboxylic acids is 1. The molecule has 22 heavy (non-hydrogen) atoms. The highest BCUT2D eigenvalue weighted by Crippen LogP contribution is 2.19. The van der Waals surface area contributed by atoms with Crippen molar-refractivity contribution in [2.75, 3.05) is 13.2 Å². The summed E-state index contributed by atoms with van der Waals surface area (Å²) < 4.78 is 5.28. The molecule has 0 aliphatic carbocycles. The molecular formula is C18H20N2O2. The lowest BCUT2D eigenvalue weighted by Gasteiger charge is -2.21. The maximum absolute atomic E-state index is 12.1. The van der Waals surface area contributed by atoms with Gasteiger partial charge in [-0.05, 0) is 35.6 Å². The lowest BCUT2D eigenvalue weighted by Crippen LogP contribution is -2.33. The van der Waals surface area contributed by atoms with Crippen molar-refractivity contribution in [3.63, 3.8) is 0 Å². The Bertz CT molecular complexity index is 605. The van der Waals surface area contributed by atoms with Crippen LogP contribution in [-0.4, -0.2) is 24.1 Å². The number of benzene rings is 1. The fourth-order valence-corrected chi connectivity index (χ4v) is 2.64. The second kappa shape index (κ2) is 7.18. The van der Waals surface area contributed by atoms with Crippen LogP contribution in [0.1, 0.15) is 18.4 Å². The molecule has 1 aliphatic heterocycles. The molecule has 0 bridgehead atoms. The number of rotatable bonds is 4. The maximum Gasteiger partial charge on any atom is 0.223 e. The molecule has 4 nitrogen and oxygen atoms in total. The Balaban J connectivity index is 1.56. The smallest absolute Gasteiger partial charge is 0.223 e. The van der Waals surface area contributed by atoms with E-state index in [2.05, 4.69) is 22.4 Å². The average molecular weight is 296 g/mol. The number of hydrogen-bond acceptors (Lipinski definition) is 3. The van der Waals surface area contributed by atoms with E-state index in [4.69, 9.17) is 4.74 Å². The molecule has 2 aromatic rings. The standard InChI is InChI=1S/C18H20N2O2/c21-18(16-7-10-22-11-8-16)20-12-14-3-5-15(6-4-14)17-2-1-9-19-13-17/h1-6,9,13,16H,7-8,10-12H2,(H,20,21). The molecule has 3 rings (SSSR count). The number of ether oxygens (including phenoxy) is 1. The van der Waals surface area contributed by atoms with Crippen LogP contribution < -0.4 is 5.32 Å². The molecule has 1 amide bonds. The van der Waals surface area contributed by atoms with Crippen LogP contribution >= 0.6 is 0 Å². The first-order valence-electron chi connectivity index (χ1n) is 7.68. The Morgan fingerprint density at radius 2 is 1.91 bits per heavy atom. The zero-order valence-corrected chi connectivity index (χ0v) is 12.5. The summed E-state index contributed by atoms with van der Waals surface area (Å²) in [7, 11) is 0. The van der Waals surface area contributed by atoms with Gasteiger partial charge in [-0.2, -0.15) is 0 Å². The van der Waals surface area contributed by atoms with Gasteiger partial charge in [-0.15, -0.1) is 0 Å². The minimum absolute atomic E-state index is 0.100. The van der Waals surface area contributed by atoms with Gasteiger partial charge in [0.1, 0.15) is 0 Å². The topological polar surface area (TPSA) is 51.2 Å². The highest BCUT2D eigenvalue weighted by Gasteiger charge is 2.20. The van der Waals surface area contributed by atoms with Crippen LogP contribution in [0.3, 0.4) is 0 Å². The molecule has 0 spiro atoms. The van der Waals surface area contributed by atoms with E-state index in [-0.39, 0.29) is 11.8 Å². The molecule has 0 atom stereocenters. The van der Waals surface area contributed by atoms with Crippen molar-refractivity contribution in [3.8, 4) is 11.1 Å². The number of hydrogen-bond donors (Lipinski definition) is 1. The molecule has 4 heteroatoms. The van der Waals surface area contributed by atoms with Crippen molar-refractivity contribution in [2.24, 2.45) is 5.92 Å². The van der Waals surface area contributed by atoms with Gasteiger partial charge in [0.25, 0.3) is 0 Å². The molecule has 1 aliphatic rings. The first-order valence-corrected chi connectivity index (χ1v) is 7.68. The molecule has 1 saturated heterocycles. The van der Waals surface area contributed by atoms with Gasteiger partial charge in [0, 0.05) is 38.1 Å². The third-order valence-electron chi connectivity index (χ3n) is 4.01. The quantitative estimate of drug-likeness (QED) is 0.944. The van der Waals surface area contributed by atoms with Gasteiger partial charge in [-0.3, -0.25) is 9.78 Å². The van der Waals surface area contributed by atoms with Crippen LogP contribution in [0.15, 0.2) is 48.8 Å². The van der Waals surface area contributed by atoms with E-state index in [0.717, 1.165) is 29.5 Å². The third-order valence-corrected chi connectivity index (χ3v) is 4.01. The van der Waals surface area contributed by atoms with Crippen LogP contribution in [0.4, 0.5) is 0 Å². The highest BCUT2D eigenvalue weighted by molar-refractivity contribution is 5.78. The van der Waals surface area contributed by atoms with E-state index in [1.165, 1.54) is 0 Å². The van der Waals surface area contributed by atoms with Crippen molar-refractivity contribution in [2.45, 2.75) is 19.4 Å². The molecule has 0 unspecified atom stereocenters. The van der Waals surface area contributed by atoms with Gasteiger partial charge in [0.2, 0.25) is 5.91 Å². The number of amides is 1. The van der Waals surface area contributed by atoms with Crippen molar-refractivity contribution < 1.29 is 9.53 Å². The van der Waals surface area contributed by atoms with E-state index >= 15 is 0 Å². The van der Waals surface area contributed by atoms with E-state index in [0.29, 0.717) is 19.8 Å². The van der Waals surface area contributed by atoms with Crippen molar-refractivity contribution >= 4 is 5.91 Å². The summed E-state index contributed by atoms with van der Waals surface area (Å²) in [6, 6.07) is 12.2. The van der Waals surface area contributed by atoms with Crippen LogP contribution in [0, 0.1) is 5.92 Å². The second-order valence-corrected chi connectivity index (χ2v) is 5.54. The van der Waals surface area contributed by atoms with Crippen LogP contribution in [-0.2, 0) is 16.1 Å². The van der Waals surface area contributed by atoms with Gasteiger partial charge in [0.15, 0.2) is 0 Å². The van der Waals surface area contributed by atoms with Gasteiger partial charge in [0.05, 0.1) is 0 Å². The first kappa shape index (κ1) is 14.7. The predicted molar refractivity (Wildman–Crippen MR) is 85.1 cm³/mol. The van der Waals surface area contributed by atoms with Crippen molar-refractivity contribution in [1.82, 2.24) is 10.3 Å². The molecule has 0 saturated carbocycles. The van der Waals surface area contributed by atoms with Crippen LogP contribution in [0.25, 0.3) is 11.1 Å². The number of aromatic nitrogens is 1. The van der Waals surface area contributed by atoms with E-state index in [1.54, 1.807) is 6.20 Å². The number of nitrogens with zero attached hydrogens (tertiary/aromatic N) is 1. The van der Waals surface area contributed by atoms with E-state index in [9.17, 15) is 4.79 Å². The average Bonchev–Trinajstić information content (AvgIpc) is 2.61. The number of nitrogens with one attached hydrogen (secondary N) is 1. The Morgan fingerprint density at radius 1 is 1.14 bits per heavy atom. The summed E-state index contributed by atoms with van der Waals surface area (Å²) in [5.74, 6) is 0.239. The maximum atomic E-state index is 12.1. The summed E-state index contributed by atoms with van der Waals surface area (Å²) in [5.41, 5.74) is 3.33. The minimum Gasteiger partial charge on any atom is -0.381 e. The van der Waals surface area contributed by atoms with Crippen molar-refractivity contribution in [3.05, 3.63) is 54.4 Å². The third kappa shape index (κ3) is 3.71. The van der Waals surface area contributed by atoms with Gasteiger partial charge < -0.3 is 10.1 Å². The highest BCUT2D eigenvalue weighted by atomic mass is 16.5. The SMILES string of the molecule is O=C(NCc1ccc(-c2cccnc2)cc1)C1CCOCC1. The normalized spacial score (nSPS) is 15.5. The van der Waals surface area contributed by atoms with E-state index < -0.39 is 0 Å². The molecule has 2 heterocycles. The lowest BCUT2D eigenvalue weighted by molar-refractivity contribution is -0.128. The van der Waals surface area contributed by atoms with Crippen LogP contribution in [0.2, 0.25) is 0 Å². The molecule has 1 aromatic carbocycles. The lowest BCUT2D eigenvalue weighted by atomic mass is 9.99. The Labute approximate surface area is 130 Å². The van der Waals surface area contributed by atoms with E-state index in [1.807, 2.05) is 30.5 Å². The molecule has 0 radical (unpaired) electrons. The van der Waals surface area contributed by atoms with Crippen LogP contribution in [0.5, 0.6) is 0 Å². The summed E-state index contributed by atoms with van der Waals surface area (Å²) in [5, 5.41) is 3.02. The molecule has 1 fully saturated rings.